The number of hydrogen-bond donors (Lipinski definition) is 1. The molecule has 1 saturated carbocycles. The predicted molar refractivity (Wildman–Crippen MR) is 78.3 cm³/mol. The molecule has 0 spiro atoms. The Hall–Kier alpha value is -2.15. The van der Waals surface area contributed by atoms with Crippen LogP contribution in [0.1, 0.15) is 12.8 Å². The molecule has 2 aromatic heterocycles. The molecule has 2 aromatic rings. The predicted octanol–water partition coefficient (Wildman–Crippen LogP) is 2.73. The van der Waals surface area contributed by atoms with Crippen molar-refractivity contribution in [2.24, 2.45) is 5.92 Å². The van der Waals surface area contributed by atoms with Crippen molar-refractivity contribution >= 4 is 23.1 Å². The summed E-state index contributed by atoms with van der Waals surface area (Å²) in [5, 5.41) is 14.4. The van der Waals surface area contributed by atoms with Crippen LogP contribution in [0, 0.1) is 16.0 Å². The Morgan fingerprint density at radius 3 is 3.00 bits per heavy atom. The van der Waals surface area contributed by atoms with Gasteiger partial charge in [0.2, 0.25) is 5.82 Å². The van der Waals surface area contributed by atoms with E-state index in [0.29, 0.717) is 5.92 Å². The second-order valence-corrected chi connectivity index (χ2v) is 5.65. The largest absolute Gasteiger partial charge is 0.362 e. The lowest BCUT2D eigenvalue weighted by atomic mass is 9.80. The van der Waals surface area contributed by atoms with Crippen LogP contribution in [0.4, 0.5) is 11.5 Å². The summed E-state index contributed by atoms with van der Waals surface area (Å²) >= 11 is 5.74. The summed E-state index contributed by atoms with van der Waals surface area (Å²) in [7, 11) is 0. The van der Waals surface area contributed by atoms with E-state index in [1.54, 1.807) is 12.5 Å². The molecule has 0 atom stereocenters. The maximum absolute atomic E-state index is 11.0. The van der Waals surface area contributed by atoms with Gasteiger partial charge in [-0.3, -0.25) is 10.1 Å². The van der Waals surface area contributed by atoms with Crippen LogP contribution in [-0.4, -0.2) is 25.5 Å². The summed E-state index contributed by atoms with van der Waals surface area (Å²) in [6, 6.07) is 1.53. The normalized spacial score (nSPS) is 20.8. The molecule has 0 bridgehead atoms. The number of nitrogens with one attached hydrogen (secondary N) is 1. The molecule has 1 aliphatic carbocycles. The molecule has 1 N–H and O–H groups in total. The molecule has 0 unspecified atom stereocenters. The molecule has 8 heteroatoms. The minimum absolute atomic E-state index is 0.0828. The number of nitro groups is 1. The first-order valence-corrected chi connectivity index (χ1v) is 7.02. The van der Waals surface area contributed by atoms with Crippen molar-refractivity contribution < 1.29 is 4.92 Å². The molecule has 1 fully saturated rings. The van der Waals surface area contributed by atoms with E-state index in [0.717, 1.165) is 19.4 Å². The fourth-order valence-electron chi connectivity index (χ4n) is 2.57. The molecule has 0 saturated heterocycles. The van der Waals surface area contributed by atoms with E-state index >= 15 is 0 Å². The highest BCUT2D eigenvalue weighted by Gasteiger charge is 2.31. The van der Waals surface area contributed by atoms with E-state index in [1.165, 1.54) is 12.3 Å². The van der Waals surface area contributed by atoms with Crippen LogP contribution in [0.2, 0.25) is 5.02 Å². The van der Waals surface area contributed by atoms with Gasteiger partial charge in [0.15, 0.2) is 0 Å². The molecule has 2 heterocycles. The van der Waals surface area contributed by atoms with Crippen LogP contribution >= 0.6 is 11.6 Å². The number of imidazole rings is 1. The third-order valence-electron chi connectivity index (χ3n) is 3.64. The van der Waals surface area contributed by atoms with E-state index < -0.39 is 4.92 Å². The van der Waals surface area contributed by atoms with Gasteiger partial charge in [-0.2, -0.15) is 0 Å². The summed E-state index contributed by atoms with van der Waals surface area (Å²) in [4.78, 5) is 18.6. The standard InChI is InChI=1S/C13H14ClN5O2/c14-10-5-12(19(20)21)13(16-6-10)17-11-3-9(4-11)7-18-2-1-15-8-18/h1-2,5-6,8-9,11H,3-4,7H2,(H,16,17). The van der Waals surface area contributed by atoms with E-state index in [1.807, 2.05) is 10.8 Å². The van der Waals surface area contributed by atoms with Crippen molar-refractivity contribution in [3.63, 3.8) is 0 Å². The van der Waals surface area contributed by atoms with E-state index in [4.69, 9.17) is 11.6 Å². The molecule has 0 aromatic carbocycles. The second kappa shape index (κ2) is 5.69. The van der Waals surface area contributed by atoms with Crippen LogP contribution in [-0.2, 0) is 6.54 Å². The average molecular weight is 308 g/mol. The monoisotopic (exact) mass is 307 g/mol. The highest BCUT2D eigenvalue weighted by Crippen LogP contribution is 2.34. The minimum atomic E-state index is -0.469. The van der Waals surface area contributed by atoms with Crippen molar-refractivity contribution in [1.82, 2.24) is 14.5 Å². The van der Waals surface area contributed by atoms with E-state index in [-0.39, 0.29) is 22.6 Å². The van der Waals surface area contributed by atoms with Crippen molar-refractivity contribution in [3.8, 4) is 0 Å². The molecule has 0 amide bonds. The molecule has 1 aliphatic rings. The Morgan fingerprint density at radius 2 is 2.33 bits per heavy atom. The Bertz CT molecular complexity index is 640. The topological polar surface area (TPSA) is 85.9 Å². The first-order chi connectivity index (χ1) is 10.1. The minimum Gasteiger partial charge on any atom is -0.362 e. The zero-order chi connectivity index (χ0) is 14.8. The summed E-state index contributed by atoms with van der Waals surface area (Å²) in [6.45, 7) is 0.925. The van der Waals surface area contributed by atoms with Gasteiger partial charge in [0.25, 0.3) is 0 Å². The van der Waals surface area contributed by atoms with Crippen LogP contribution in [0.3, 0.4) is 0 Å². The second-order valence-electron chi connectivity index (χ2n) is 5.22. The van der Waals surface area contributed by atoms with Gasteiger partial charge in [0.05, 0.1) is 16.3 Å². The van der Waals surface area contributed by atoms with Crippen LogP contribution in [0.25, 0.3) is 0 Å². The molecule has 21 heavy (non-hydrogen) atoms. The lowest BCUT2D eigenvalue weighted by molar-refractivity contribution is -0.384. The maximum Gasteiger partial charge on any atom is 0.312 e. The molecular formula is C13H14ClN5O2. The van der Waals surface area contributed by atoms with E-state index in [9.17, 15) is 10.1 Å². The number of halogens is 1. The van der Waals surface area contributed by atoms with Crippen LogP contribution in [0.15, 0.2) is 31.0 Å². The maximum atomic E-state index is 11.0. The molecule has 0 aliphatic heterocycles. The Labute approximate surface area is 126 Å². The molecule has 7 nitrogen and oxygen atoms in total. The third-order valence-corrected chi connectivity index (χ3v) is 3.84. The van der Waals surface area contributed by atoms with Crippen molar-refractivity contribution in [2.75, 3.05) is 5.32 Å². The molecular weight excluding hydrogens is 294 g/mol. The third kappa shape index (κ3) is 3.13. The van der Waals surface area contributed by atoms with Gasteiger partial charge in [0.1, 0.15) is 0 Å². The smallest absolute Gasteiger partial charge is 0.312 e. The number of pyridine rings is 1. The van der Waals surface area contributed by atoms with Crippen LogP contribution < -0.4 is 5.32 Å². The number of anilines is 1. The number of aromatic nitrogens is 3. The number of hydrogen-bond acceptors (Lipinski definition) is 5. The fraction of sp³-hybridized carbons (Fsp3) is 0.385. The Balaban J connectivity index is 1.58. The summed E-state index contributed by atoms with van der Waals surface area (Å²) in [6.07, 6.45) is 8.83. The Kier molecular flexibility index (Phi) is 3.74. The first-order valence-electron chi connectivity index (χ1n) is 6.64. The fourth-order valence-corrected chi connectivity index (χ4v) is 2.72. The van der Waals surface area contributed by atoms with Gasteiger partial charge in [-0.05, 0) is 18.8 Å². The highest BCUT2D eigenvalue weighted by molar-refractivity contribution is 6.30. The quantitative estimate of drug-likeness (QED) is 0.678. The number of rotatable bonds is 5. The summed E-state index contributed by atoms with van der Waals surface area (Å²) in [5.41, 5.74) is -0.0828. The van der Waals surface area contributed by atoms with Gasteiger partial charge in [0, 0.05) is 37.2 Å². The van der Waals surface area contributed by atoms with Gasteiger partial charge < -0.3 is 9.88 Å². The van der Waals surface area contributed by atoms with Gasteiger partial charge in [-0.1, -0.05) is 11.6 Å². The molecule has 0 radical (unpaired) electrons. The Morgan fingerprint density at radius 1 is 1.52 bits per heavy atom. The number of nitrogens with zero attached hydrogens (tertiary/aromatic N) is 4. The van der Waals surface area contributed by atoms with Gasteiger partial charge >= 0.3 is 5.69 Å². The zero-order valence-electron chi connectivity index (χ0n) is 11.1. The van der Waals surface area contributed by atoms with E-state index in [2.05, 4.69) is 15.3 Å². The van der Waals surface area contributed by atoms with Crippen molar-refractivity contribution in [1.29, 1.82) is 0 Å². The van der Waals surface area contributed by atoms with Crippen molar-refractivity contribution in [3.05, 3.63) is 46.1 Å². The van der Waals surface area contributed by atoms with Crippen molar-refractivity contribution in [2.45, 2.75) is 25.4 Å². The van der Waals surface area contributed by atoms with Crippen LogP contribution in [0.5, 0.6) is 0 Å². The SMILES string of the molecule is O=[N+]([O-])c1cc(Cl)cnc1NC1CC(Cn2ccnc2)C1. The lowest BCUT2D eigenvalue weighted by Gasteiger charge is -2.36. The highest BCUT2D eigenvalue weighted by atomic mass is 35.5. The van der Waals surface area contributed by atoms with Gasteiger partial charge in [-0.25, -0.2) is 9.97 Å². The summed E-state index contributed by atoms with van der Waals surface area (Å²) < 4.78 is 2.05. The summed E-state index contributed by atoms with van der Waals surface area (Å²) in [5.74, 6) is 0.846. The van der Waals surface area contributed by atoms with Gasteiger partial charge in [-0.15, -0.1) is 0 Å². The lowest BCUT2D eigenvalue weighted by Crippen LogP contribution is -2.37. The average Bonchev–Trinajstić information content (AvgIpc) is 2.90. The molecule has 3 rings (SSSR count). The first kappa shape index (κ1) is 13.8. The molecule has 110 valence electrons. The zero-order valence-corrected chi connectivity index (χ0v) is 11.9.